The molecule has 0 amide bonds. The van der Waals surface area contributed by atoms with E-state index in [4.69, 9.17) is 0 Å². The molecule has 0 saturated carbocycles. The van der Waals surface area contributed by atoms with Gasteiger partial charge < -0.3 is 15.4 Å². The predicted molar refractivity (Wildman–Crippen MR) is 110 cm³/mol. The highest BCUT2D eigenvalue weighted by molar-refractivity contribution is 6.02. The summed E-state index contributed by atoms with van der Waals surface area (Å²) in [5.41, 5.74) is 3.89. The molecule has 0 saturated heterocycles. The minimum absolute atomic E-state index is 0.0343. The summed E-state index contributed by atoms with van der Waals surface area (Å²) in [7, 11) is 0. The molecule has 1 atom stereocenters. The predicted octanol–water partition coefficient (Wildman–Crippen LogP) is 5.33. The Bertz CT molecular complexity index is 1120. The lowest BCUT2D eigenvalue weighted by molar-refractivity contribution is 0.457. The van der Waals surface area contributed by atoms with Crippen LogP contribution in [0.4, 0.5) is 15.8 Å². The first-order valence-electron chi connectivity index (χ1n) is 8.91. The topological polar surface area (TPSA) is 73.3 Å². The van der Waals surface area contributed by atoms with Gasteiger partial charge in [-0.05, 0) is 61.0 Å². The summed E-state index contributed by atoms with van der Waals surface area (Å²) in [5, 5.41) is 14.2. The highest BCUT2D eigenvalue weighted by Gasteiger charge is 2.09. The molecule has 4 rings (SSSR count). The van der Waals surface area contributed by atoms with Crippen LogP contribution in [0.5, 0.6) is 5.88 Å². The van der Waals surface area contributed by atoms with Gasteiger partial charge in [0.15, 0.2) is 5.88 Å². The van der Waals surface area contributed by atoms with Crippen molar-refractivity contribution in [2.24, 2.45) is 4.99 Å². The molecule has 2 aromatic heterocycles. The maximum Gasteiger partial charge on any atom is 0.198 e. The molecule has 5 nitrogen and oxygen atoms in total. The second-order valence-corrected chi connectivity index (χ2v) is 6.53. The quantitative estimate of drug-likeness (QED) is 0.413. The van der Waals surface area contributed by atoms with E-state index in [9.17, 15) is 9.50 Å². The number of rotatable bonds is 5. The maximum atomic E-state index is 13.3. The number of anilines is 1. The first-order chi connectivity index (χ1) is 13.6. The van der Waals surface area contributed by atoms with E-state index in [0.717, 1.165) is 16.9 Å². The van der Waals surface area contributed by atoms with Crippen LogP contribution < -0.4 is 5.32 Å². The number of fused-ring (bicyclic) bond motifs is 1. The zero-order chi connectivity index (χ0) is 19.5. The van der Waals surface area contributed by atoms with E-state index in [1.54, 1.807) is 18.5 Å². The number of benzene rings is 2. The minimum atomic E-state index is -0.360. The molecule has 0 aliphatic heterocycles. The van der Waals surface area contributed by atoms with Gasteiger partial charge in [-0.15, -0.1) is 0 Å². The van der Waals surface area contributed by atoms with Crippen molar-refractivity contribution < 1.29 is 9.50 Å². The monoisotopic (exact) mass is 374 g/mol. The highest BCUT2D eigenvalue weighted by atomic mass is 19.1. The van der Waals surface area contributed by atoms with Crippen LogP contribution in [-0.2, 0) is 0 Å². The number of halogens is 1. The number of hydrogen-bond acceptors (Lipinski definition) is 4. The van der Waals surface area contributed by atoms with Gasteiger partial charge >= 0.3 is 0 Å². The molecule has 0 fully saturated rings. The average Bonchev–Trinajstić information content (AvgIpc) is 3.02. The van der Waals surface area contributed by atoms with Gasteiger partial charge in [0, 0.05) is 29.7 Å². The summed E-state index contributed by atoms with van der Waals surface area (Å²) in [6.07, 6.45) is 5.17. The van der Waals surface area contributed by atoms with Crippen LogP contribution in [0.1, 0.15) is 24.1 Å². The third kappa shape index (κ3) is 3.71. The number of hydrogen-bond donors (Lipinski definition) is 3. The van der Waals surface area contributed by atoms with Crippen molar-refractivity contribution in [2.75, 3.05) is 5.32 Å². The molecule has 4 aromatic rings. The van der Waals surface area contributed by atoms with Crippen molar-refractivity contribution in [2.45, 2.75) is 13.0 Å². The van der Waals surface area contributed by atoms with Gasteiger partial charge in [-0.3, -0.25) is 9.98 Å². The van der Waals surface area contributed by atoms with Crippen molar-refractivity contribution in [1.29, 1.82) is 0 Å². The van der Waals surface area contributed by atoms with Crippen molar-refractivity contribution in [3.8, 4) is 5.88 Å². The smallest absolute Gasteiger partial charge is 0.198 e. The molecule has 0 radical (unpaired) electrons. The Morgan fingerprint density at radius 1 is 1.18 bits per heavy atom. The number of pyridine rings is 1. The molecule has 3 N–H and O–H groups in total. The number of aromatic amines is 1. The van der Waals surface area contributed by atoms with Crippen molar-refractivity contribution >= 4 is 28.5 Å². The Hall–Kier alpha value is -3.67. The SMILES string of the molecule is CC(Nc1ccc(N=Cc2c(O)[nH]c3cc(F)ccc23)cc1)c1cccnc1. The van der Waals surface area contributed by atoms with Crippen LogP contribution in [0, 0.1) is 5.82 Å². The Labute approximate surface area is 161 Å². The van der Waals surface area contributed by atoms with Crippen LogP contribution in [0.25, 0.3) is 10.9 Å². The second-order valence-electron chi connectivity index (χ2n) is 6.53. The fraction of sp³-hybridized carbons (Fsp3) is 0.0909. The fourth-order valence-corrected chi connectivity index (χ4v) is 3.06. The van der Waals surface area contributed by atoms with Gasteiger partial charge in [-0.25, -0.2) is 4.39 Å². The third-order valence-corrected chi connectivity index (χ3v) is 4.56. The van der Waals surface area contributed by atoms with Crippen LogP contribution in [0.2, 0.25) is 0 Å². The lowest BCUT2D eigenvalue weighted by atomic mass is 10.1. The molecule has 28 heavy (non-hydrogen) atoms. The summed E-state index contributed by atoms with van der Waals surface area (Å²) in [5.74, 6) is -0.395. The molecule has 1 unspecified atom stereocenters. The van der Waals surface area contributed by atoms with E-state index in [-0.39, 0.29) is 17.7 Å². The van der Waals surface area contributed by atoms with Crippen molar-refractivity contribution in [3.05, 3.63) is 83.9 Å². The van der Waals surface area contributed by atoms with Gasteiger partial charge in [0.25, 0.3) is 0 Å². The summed E-state index contributed by atoms with van der Waals surface area (Å²) in [6.45, 7) is 2.08. The second kappa shape index (κ2) is 7.52. The first-order valence-corrected chi connectivity index (χ1v) is 8.91. The van der Waals surface area contributed by atoms with E-state index in [0.29, 0.717) is 16.5 Å². The summed E-state index contributed by atoms with van der Waals surface area (Å²) >= 11 is 0. The maximum absolute atomic E-state index is 13.3. The molecule has 6 heteroatoms. The summed E-state index contributed by atoms with van der Waals surface area (Å²) < 4.78 is 13.3. The van der Waals surface area contributed by atoms with Crippen LogP contribution >= 0.6 is 0 Å². The fourth-order valence-electron chi connectivity index (χ4n) is 3.06. The van der Waals surface area contributed by atoms with E-state index in [2.05, 4.69) is 27.2 Å². The van der Waals surface area contributed by atoms with Crippen LogP contribution in [0.3, 0.4) is 0 Å². The van der Waals surface area contributed by atoms with Gasteiger partial charge in [0.05, 0.1) is 22.8 Å². The molecular formula is C22H19FN4O. The molecule has 0 spiro atoms. The molecule has 0 bridgehead atoms. The van der Waals surface area contributed by atoms with E-state index in [1.807, 2.05) is 42.6 Å². The third-order valence-electron chi connectivity index (χ3n) is 4.56. The Morgan fingerprint density at radius 3 is 2.75 bits per heavy atom. The zero-order valence-electron chi connectivity index (χ0n) is 15.2. The number of aromatic nitrogens is 2. The van der Waals surface area contributed by atoms with Gasteiger partial charge in [-0.2, -0.15) is 0 Å². The van der Waals surface area contributed by atoms with E-state index < -0.39 is 0 Å². The normalized spacial score (nSPS) is 12.5. The van der Waals surface area contributed by atoms with Gasteiger partial charge in [0.2, 0.25) is 0 Å². The number of H-pyrrole nitrogens is 1. The van der Waals surface area contributed by atoms with Crippen molar-refractivity contribution in [3.63, 3.8) is 0 Å². The summed E-state index contributed by atoms with van der Waals surface area (Å²) in [6, 6.07) is 16.1. The largest absolute Gasteiger partial charge is 0.494 e. The molecule has 0 aliphatic carbocycles. The number of aliphatic imine (C=N–C) groups is 1. The lowest BCUT2D eigenvalue weighted by Gasteiger charge is -2.15. The lowest BCUT2D eigenvalue weighted by Crippen LogP contribution is -2.06. The number of nitrogens with zero attached hydrogens (tertiary/aromatic N) is 2. The molecule has 2 aromatic carbocycles. The molecule has 2 heterocycles. The number of nitrogens with one attached hydrogen (secondary N) is 2. The summed E-state index contributed by atoms with van der Waals surface area (Å²) in [4.78, 5) is 11.3. The molecule has 140 valence electrons. The highest BCUT2D eigenvalue weighted by Crippen LogP contribution is 2.27. The standard InChI is InChI=1S/C22H19FN4O/c1-14(15-3-2-10-24-12-15)26-18-7-5-17(6-8-18)25-13-20-19-9-4-16(23)11-21(19)27-22(20)28/h2-14,26-28H,1H3. The zero-order valence-corrected chi connectivity index (χ0v) is 15.2. The molecular weight excluding hydrogens is 355 g/mol. The van der Waals surface area contributed by atoms with Crippen LogP contribution in [-0.4, -0.2) is 21.3 Å². The Morgan fingerprint density at radius 2 is 2.00 bits per heavy atom. The Balaban J connectivity index is 1.50. The Kier molecular flexibility index (Phi) is 4.76. The average molecular weight is 374 g/mol. The van der Waals surface area contributed by atoms with Gasteiger partial charge in [-0.1, -0.05) is 6.07 Å². The minimum Gasteiger partial charge on any atom is -0.494 e. The number of aromatic hydroxyl groups is 1. The van der Waals surface area contributed by atoms with E-state index in [1.165, 1.54) is 12.1 Å². The van der Waals surface area contributed by atoms with Crippen molar-refractivity contribution in [1.82, 2.24) is 9.97 Å². The van der Waals surface area contributed by atoms with Crippen LogP contribution in [0.15, 0.2) is 72.0 Å². The van der Waals surface area contributed by atoms with Gasteiger partial charge in [0.1, 0.15) is 5.82 Å². The first kappa shape index (κ1) is 17.7. The molecule has 0 aliphatic rings. The van der Waals surface area contributed by atoms with E-state index >= 15 is 0 Å².